The van der Waals surface area contributed by atoms with Crippen LogP contribution in [0.4, 0.5) is 10.1 Å². The van der Waals surface area contributed by atoms with E-state index in [1.54, 1.807) is 6.07 Å². The van der Waals surface area contributed by atoms with Gasteiger partial charge in [-0.15, -0.1) is 0 Å². The standard InChI is InChI=1S/C13H15BrFNO/c1-8-5-12(15)11(14)7-13(8)16-4-3-10(17)6-9(16)2/h5,7,9H,3-4,6H2,1-2H3. The van der Waals surface area contributed by atoms with Gasteiger partial charge in [0, 0.05) is 31.1 Å². The number of carbonyl (C=O) groups is 1. The molecule has 0 saturated carbocycles. The minimum Gasteiger partial charge on any atom is -0.368 e. The fraction of sp³-hybridized carbons (Fsp3) is 0.462. The van der Waals surface area contributed by atoms with Crippen molar-refractivity contribution in [2.24, 2.45) is 0 Å². The van der Waals surface area contributed by atoms with Gasteiger partial charge in [-0.1, -0.05) is 0 Å². The fourth-order valence-electron chi connectivity index (χ4n) is 2.31. The number of hydrogen-bond acceptors (Lipinski definition) is 2. The summed E-state index contributed by atoms with van der Waals surface area (Å²) in [4.78, 5) is 13.5. The molecule has 0 aliphatic carbocycles. The largest absolute Gasteiger partial charge is 0.368 e. The Labute approximate surface area is 109 Å². The third kappa shape index (κ3) is 2.51. The predicted molar refractivity (Wildman–Crippen MR) is 69.9 cm³/mol. The number of benzene rings is 1. The second-order valence-corrected chi connectivity index (χ2v) is 5.44. The van der Waals surface area contributed by atoms with Gasteiger partial charge in [-0.2, -0.15) is 0 Å². The first kappa shape index (κ1) is 12.6. The molecule has 0 radical (unpaired) electrons. The van der Waals surface area contributed by atoms with Crippen molar-refractivity contribution in [2.45, 2.75) is 32.7 Å². The van der Waals surface area contributed by atoms with Crippen LogP contribution >= 0.6 is 15.9 Å². The van der Waals surface area contributed by atoms with Crippen LogP contribution in [0.3, 0.4) is 0 Å². The zero-order valence-corrected chi connectivity index (χ0v) is 11.6. The van der Waals surface area contributed by atoms with Crippen LogP contribution in [0.1, 0.15) is 25.3 Å². The van der Waals surface area contributed by atoms with Crippen LogP contribution < -0.4 is 4.90 Å². The second-order valence-electron chi connectivity index (χ2n) is 4.59. The van der Waals surface area contributed by atoms with Crippen LogP contribution in [0, 0.1) is 12.7 Å². The molecule has 17 heavy (non-hydrogen) atoms. The van der Waals surface area contributed by atoms with Crippen molar-refractivity contribution in [3.8, 4) is 0 Å². The van der Waals surface area contributed by atoms with E-state index >= 15 is 0 Å². The van der Waals surface area contributed by atoms with Gasteiger partial charge in [0.1, 0.15) is 11.6 Å². The highest BCUT2D eigenvalue weighted by Gasteiger charge is 2.25. The summed E-state index contributed by atoms with van der Waals surface area (Å²) in [5.41, 5.74) is 1.92. The average molecular weight is 300 g/mol. The van der Waals surface area contributed by atoms with Crippen molar-refractivity contribution < 1.29 is 9.18 Å². The third-order valence-corrected chi connectivity index (χ3v) is 3.84. The molecule has 2 nitrogen and oxygen atoms in total. The summed E-state index contributed by atoms with van der Waals surface area (Å²) in [6, 6.07) is 3.52. The Morgan fingerprint density at radius 1 is 1.47 bits per heavy atom. The van der Waals surface area contributed by atoms with Gasteiger partial charge < -0.3 is 4.90 Å². The number of hydrogen-bond donors (Lipinski definition) is 0. The number of aryl methyl sites for hydroxylation is 1. The zero-order chi connectivity index (χ0) is 12.6. The Bertz CT molecular complexity index is 461. The van der Waals surface area contributed by atoms with E-state index in [2.05, 4.69) is 20.8 Å². The van der Waals surface area contributed by atoms with Gasteiger partial charge in [0.25, 0.3) is 0 Å². The highest BCUT2D eigenvalue weighted by molar-refractivity contribution is 9.10. The van der Waals surface area contributed by atoms with Crippen LogP contribution in [-0.2, 0) is 4.79 Å². The zero-order valence-electron chi connectivity index (χ0n) is 9.96. The lowest BCUT2D eigenvalue weighted by Gasteiger charge is -2.35. The summed E-state index contributed by atoms with van der Waals surface area (Å²) in [6.45, 7) is 4.65. The molecule has 0 aromatic heterocycles. The number of anilines is 1. The van der Waals surface area contributed by atoms with Gasteiger partial charge in [0.2, 0.25) is 0 Å². The quantitative estimate of drug-likeness (QED) is 0.791. The number of halogens is 2. The van der Waals surface area contributed by atoms with Crippen molar-refractivity contribution in [1.29, 1.82) is 0 Å². The first-order valence-electron chi connectivity index (χ1n) is 5.73. The molecule has 0 N–H and O–H groups in total. The number of nitrogens with zero attached hydrogens (tertiary/aromatic N) is 1. The topological polar surface area (TPSA) is 20.3 Å². The molecule has 1 aromatic carbocycles. The third-order valence-electron chi connectivity index (χ3n) is 3.23. The molecule has 0 spiro atoms. The predicted octanol–water partition coefficient (Wildman–Crippen LogP) is 3.45. The van der Waals surface area contributed by atoms with Gasteiger partial charge in [-0.25, -0.2) is 4.39 Å². The highest BCUT2D eigenvalue weighted by atomic mass is 79.9. The maximum Gasteiger partial charge on any atom is 0.137 e. The van der Waals surface area contributed by atoms with Gasteiger partial charge >= 0.3 is 0 Å². The summed E-state index contributed by atoms with van der Waals surface area (Å²) < 4.78 is 13.8. The Balaban J connectivity index is 2.34. The normalized spacial score (nSPS) is 20.8. The molecular formula is C13H15BrFNO. The fourth-order valence-corrected chi connectivity index (χ4v) is 2.64. The van der Waals surface area contributed by atoms with E-state index in [1.165, 1.54) is 6.07 Å². The molecular weight excluding hydrogens is 285 g/mol. The summed E-state index contributed by atoms with van der Waals surface area (Å²) in [5.74, 6) is 0.0690. The van der Waals surface area contributed by atoms with Crippen LogP contribution in [0.5, 0.6) is 0 Å². The van der Waals surface area contributed by atoms with E-state index in [-0.39, 0.29) is 11.9 Å². The van der Waals surface area contributed by atoms with Gasteiger partial charge in [-0.05, 0) is 47.5 Å². The molecule has 1 saturated heterocycles. The van der Waals surface area contributed by atoms with Gasteiger partial charge in [-0.3, -0.25) is 4.79 Å². The van der Waals surface area contributed by atoms with Gasteiger partial charge in [0.05, 0.1) is 4.47 Å². The van der Waals surface area contributed by atoms with Crippen molar-refractivity contribution in [3.05, 3.63) is 28.0 Å². The van der Waals surface area contributed by atoms with Gasteiger partial charge in [0.15, 0.2) is 0 Å². The van der Waals surface area contributed by atoms with Crippen LogP contribution in [-0.4, -0.2) is 18.4 Å². The minimum atomic E-state index is -0.244. The molecule has 1 aromatic rings. The smallest absolute Gasteiger partial charge is 0.137 e. The monoisotopic (exact) mass is 299 g/mol. The number of Topliss-reactive ketones (excluding diaryl/α,β-unsaturated/α-hetero) is 1. The van der Waals surface area contributed by atoms with E-state index in [1.807, 2.05) is 13.8 Å². The van der Waals surface area contributed by atoms with E-state index in [0.29, 0.717) is 23.1 Å². The maximum absolute atomic E-state index is 13.4. The molecule has 0 bridgehead atoms. The SMILES string of the molecule is Cc1cc(F)c(Br)cc1N1CCC(=O)CC1C. The lowest BCUT2D eigenvalue weighted by Crippen LogP contribution is -2.41. The Hall–Kier alpha value is -0.900. The molecule has 1 atom stereocenters. The number of piperidine rings is 1. The molecule has 1 unspecified atom stereocenters. The molecule has 1 heterocycles. The first-order chi connectivity index (χ1) is 7.99. The van der Waals surface area contributed by atoms with Crippen LogP contribution in [0.15, 0.2) is 16.6 Å². The van der Waals surface area contributed by atoms with E-state index in [4.69, 9.17) is 0 Å². The molecule has 0 amide bonds. The molecule has 1 fully saturated rings. The summed E-state index contributed by atoms with van der Waals surface area (Å²) in [7, 11) is 0. The molecule has 2 rings (SSSR count). The Morgan fingerprint density at radius 3 is 2.82 bits per heavy atom. The molecule has 92 valence electrons. The van der Waals surface area contributed by atoms with E-state index in [0.717, 1.165) is 17.8 Å². The van der Waals surface area contributed by atoms with E-state index < -0.39 is 0 Å². The first-order valence-corrected chi connectivity index (χ1v) is 6.52. The highest BCUT2D eigenvalue weighted by Crippen LogP contribution is 2.30. The van der Waals surface area contributed by atoms with Crippen LogP contribution in [0.2, 0.25) is 0 Å². The molecule has 4 heteroatoms. The average Bonchev–Trinajstić information content (AvgIpc) is 2.24. The summed E-state index contributed by atoms with van der Waals surface area (Å²) >= 11 is 3.21. The molecule has 1 aliphatic heterocycles. The minimum absolute atomic E-state index is 0.187. The lowest BCUT2D eigenvalue weighted by molar-refractivity contribution is -0.120. The van der Waals surface area contributed by atoms with Crippen LogP contribution in [0.25, 0.3) is 0 Å². The van der Waals surface area contributed by atoms with Crippen molar-refractivity contribution in [1.82, 2.24) is 0 Å². The molecule has 1 aliphatic rings. The number of ketones is 1. The lowest BCUT2D eigenvalue weighted by atomic mass is 10.0. The maximum atomic E-state index is 13.4. The number of rotatable bonds is 1. The Morgan fingerprint density at radius 2 is 2.18 bits per heavy atom. The van der Waals surface area contributed by atoms with E-state index in [9.17, 15) is 9.18 Å². The summed E-state index contributed by atoms with van der Waals surface area (Å²) in [6.07, 6.45) is 1.16. The summed E-state index contributed by atoms with van der Waals surface area (Å²) in [5, 5.41) is 0. The number of carbonyl (C=O) groups excluding carboxylic acids is 1. The van der Waals surface area contributed by atoms with Crippen molar-refractivity contribution in [2.75, 3.05) is 11.4 Å². The second kappa shape index (κ2) is 4.77. The van der Waals surface area contributed by atoms with Crippen molar-refractivity contribution >= 4 is 27.4 Å². The van der Waals surface area contributed by atoms with Crippen molar-refractivity contribution in [3.63, 3.8) is 0 Å². The Kier molecular flexibility index (Phi) is 3.52.